The highest BCUT2D eigenvalue weighted by Crippen LogP contribution is 2.29. The zero-order chi connectivity index (χ0) is 24.1. The van der Waals surface area contributed by atoms with Crippen LogP contribution in [0.4, 0.5) is 5.69 Å². The van der Waals surface area contributed by atoms with Gasteiger partial charge in [0.15, 0.2) is 5.75 Å². The Kier molecular flexibility index (Phi) is 7.03. The molecule has 1 aromatic heterocycles. The van der Waals surface area contributed by atoms with Gasteiger partial charge < -0.3 is 19.8 Å². The van der Waals surface area contributed by atoms with Crippen molar-refractivity contribution >= 4 is 23.8 Å². The number of aromatic nitrogens is 1. The van der Waals surface area contributed by atoms with Crippen LogP contribution in [0.2, 0.25) is 0 Å². The number of aromatic carboxylic acids is 1. The first-order chi connectivity index (χ1) is 15.7. The summed E-state index contributed by atoms with van der Waals surface area (Å²) in [5.74, 6) is -1.56. The molecule has 170 valence electrons. The van der Waals surface area contributed by atoms with Crippen molar-refractivity contribution in [3.8, 4) is 17.3 Å². The number of aromatic hydroxyl groups is 1. The zero-order valence-corrected chi connectivity index (χ0v) is 18.6. The fraction of sp³-hybridized carbons (Fsp3) is 0.160. The van der Waals surface area contributed by atoms with Crippen molar-refractivity contribution in [1.82, 2.24) is 4.57 Å². The highest BCUT2D eigenvalue weighted by Gasteiger charge is 2.20. The largest absolute Gasteiger partial charge is 0.494 e. The molecule has 0 radical (unpaired) electrons. The summed E-state index contributed by atoms with van der Waals surface area (Å²) in [6.07, 6.45) is 3.27. The smallest absolute Gasteiger partial charge is 0.335 e. The number of rotatable bonds is 7. The average Bonchev–Trinajstić information content (AvgIpc) is 2.79. The van der Waals surface area contributed by atoms with E-state index in [4.69, 9.17) is 10.5 Å². The summed E-state index contributed by atoms with van der Waals surface area (Å²) in [6, 6.07) is 13.5. The topological polar surface area (TPSA) is 118 Å². The van der Waals surface area contributed by atoms with Crippen LogP contribution in [0.5, 0.6) is 11.6 Å². The van der Waals surface area contributed by atoms with Gasteiger partial charge in [-0.05, 0) is 55.0 Å². The Morgan fingerprint density at radius 2 is 1.88 bits per heavy atom. The third-order valence-corrected chi connectivity index (χ3v) is 5.06. The van der Waals surface area contributed by atoms with Crippen molar-refractivity contribution in [2.45, 2.75) is 6.92 Å². The molecule has 0 bridgehead atoms. The second-order valence-corrected chi connectivity index (χ2v) is 7.44. The molecule has 2 aromatic carbocycles. The lowest BCUT2D eigenvalue weighted by molar-refractivity contribution is 0.0697. The summed E-state index contributed by atoms with van der Waals surface area (Å²) in [5.41, 5.74) is 10.7. The van der Waals surface area contributed by atoms with E-state index in [0.29, 0.717) is 11.1 Å². The lowest BCUT2D eigenvalue weighted by Gasteiger charge is -2.16. The lowest BCUT2D eigenvalue weighted by atomic mass is 10.1. The fourth-order valence-electron chi connectivity index (χ4n) is 3.30. The van der Waals surface area contributed by atoms with E-state index in [1.165, 1.54) is 30.3 Å². The molecule has 0 amide bonds. The van der Waals surface area contributed by atoms with Gasteiger partial charge in [0.05, 0.1) is 11.3 Å². The number of pyridine rings is 1. The van der Waals surface area contributed by atoms with Crippen LogP contribution >= 0.6 is 0 Å². The van der Waals surface area contributed by atoms with Crippen LogP contribution in [-0.2, 0) is 0 Å². The standard InChI is InChI=1S/C25H25N3O5/c1-16-21(9-4-6-17-10-12-19(13-11-17)27(2)3)23(29)28(24(30)22(16)33-15-26)20-8-5-7-18(14-20)25(31)32/h5-14,29H,15,26H2,1-3H3,(H,31,32). The highest BCUT2D eigenvalue weighted by atomic mass is 16.5. The van der Waals surface area contributed by atoms with Crippen LogP contribution in [0.3, 0.4) is 0 Å². The Bertz CT molecular complexity index is 1300. The quantitative estimate of drug-likeness (QED) is 0.376. The molecule has 0 spiro atoms. The zero-order valence-electron chi connectivity index (χ0n) is 18.6. The van der Waals surface area contributed by atoms with Gasteiger partial charge in [0.1, 0.15) is 6.73 Å². The van der Waals surface area contributed by atoms with E-state index < -0.39 is 11.5 Å². The Labute approximate surface area is 191 Å². The van der Waals surface area contributed by atoms with E-state index >= 15 is 0 Å². The van der Waals surface area contributed by atoms with Gasteiger partial charge in [-0.2, -0.15) is 0 Å². The molecule has 4 N–H and O–H groups in total. The Morgan fingerprint density at radius 1 is 1.18 bits per heavy atom. The van der Waals surface area contributed by atoms with Crippen LogP contribution in [0.1, 0.15) is 27.0 Å². The predicted octanol–water partition coefficient (Wildman–Crippen LogP) is 3.24. The van der Waals surface area contributed by atoms with Crippen molar-refractivity contribution in [2.24, 2.45) is 5.73 Å². The summed E-state index contributed by atoms with van der Waals surface area (Å²) >= 11 is 0. The average molecular weight is 447 g/mol. The van der Waals surface area contributed by atoms with Crippen molar-refractivity contribution < 1.29 is 19.7 Å². The Hall–Kier alpha value is -4.26. The Balaban J connectivity index is 2.15. The van der Waals surface area contributed by atoms with Gasteiger partial charge in [0, 0.05) is 30.9 Å². The van der Waals surface area contributed by atoms with E-state index in [1.54, 1.807) is 13.0 Å². The van der Waals surface area contributed by atoms with Crippen molar-refractivity contribution in [2.75, 3.05) is 25.7 Å². The molecule has 0 atom stereocenters. The maximum Gasteiger partial charge on any atom is 0.335 e. The number of ether oxygens (including phenoxy) is 1. The number of carboxylic acids is 1. The molecule has 0 aliphatic heterocycles. The van der Waals surface area contributed by atoms with Gasteiger partial charge in [0.25, 0.3) is 0 Å². The van der Waals surface area contributed by atoms with Crippen molar-refractivity contribution in [1.29, 1.82) is 0 Å². The molecule has 8 nitrogen and oxygen atoms in total. The number of nitrogens with zero attached hydrogens (tertiary/aromatic N) is 2. The molecule has 33 heavy (non-hydrogen) atoms. The monoisotopic (exact) mass is 447 g/mol. The maximum atomic E-state index is 13.0. The van der Waals surface area contributed by atoms with Crippen LogP contribution in [0.15, 0.2) is 59.1 Å². The number of hydrogen-bond acceptors (Lipinski definition) is 6. The number of benzene rings is 2. The first kappa shape index (κ1) is 23.4. The Morgan fingerprint density at radius 3 is 2.48 bits per heavy atom. The third kappa shape index (κ3) is 4.98. The van der Waals surface area contributed by atoms with Crippen molar-refractivity contribution in [3.63, 3.8) is 0 Å². The summed E-state index contributed by atoms with van der Waals surface area (Å²) in [5, 5.41) is 20.2. The van der Waals surface area contributed by atoms with Gasteiger partial charge in [-0.25, -0.2) is 9.36 Å². The molecular weight excluding hydrogens is 422 g/mol. The van der Waals surface area contributed by atoms with Gasteiger partial charge in [0.2, 0.25) is 5.88 Å². The second kappa shape index (κ2) is 9.91. The molecule has 0 fully saturated rings. The van der Waals surface area contributed by atoms with E-state index in [0.717, 1.165) is 15.8 Å². The minimum Gasteiger partial charge on any atom is -0.494 e. The minimum atomic E-state index is -1.15. The predicted molar refractivity (Wildman–Crippen MR) is 128 cm³/mol. The van der Waals surface area contributed by atoms with Gasteiger partial charge in [-0.1, -0.05) is 18.2 Å². The molecule has 0 unspecified atom stereocenters. The molecule has 0 saturated carbocycles. The van der Waals surface area contributed by atoms with E-state index in [2.05, 4.69) is 5.73 Å². The van der Waals surface area contributed by atoms with Crippen LogP contribution in [0, 0.1) is 6.92 Å². The lowest BCUT2D eigenvalue weighted by Crippen LogP contribution is -2.24. The van der Waals surface area contributed by atoms with E-state index in [-0.39, 0.29) is 29.6 Å². The molecule has 0 aliphatic rings. The molecule has 1 heterocycles. The number of hydrogen-bond donors (Lipinski definition) is 3. The van der Waals surface area contributed by atoms with Gasteiger partial charge in [-0.3, -0.25) is 10.5 Å². The number of carbonyl (C=O) groups is 1. The molecule has 3 aromatic rings. The fourth-order valence-corrected chi connectivity index (χ4v) is 3.30. The highest BCUT2D eigenvalue weighted by molar-refractivity contribution is 5.88. The third-order valence-electron chi connectivity index (χ3n) is 5.06. The molecule has 0 aliphatic carbocycles. The molecular formula is C25H25N3O5. The van der Waals surface area contributed by atoms with Crippen molar-refractivity contribution in [3.05, 3.63) is 86.9 Å². The summed E-state index contributed by atoms with van der Waals surface area (Å²) in [6.45, 7) is 1.39. The second-order valence-electron chi connectivity index (χ2n) is 7.44. The number of anilines is 1. The SMILES string of the molecule is Cc1c(C=C=Cc2ccc(N(C)C)cc2)c(O)n(-c2cccc(C(=O)O)c2)c(=O)c1OCN. The van der Waals surface area contributed by atoms with Gasteiger partial charge >= 0.3 is 11.5 Å². The molecule has 0 saturated heterocycles. The number of carboxylic acid groups (broad SMARTS) is 1. The normalized spacial score (nSPS) is 10.3. The number of nitrogens with two attached hydrogens (primary N) is 1. The van der Waals surface area contributed by atoms with E-state index in [1.807, 2.05) is 43.3 Å². The molecule has 8 heteroatoms. The maximum absolute atomic E-state index is 13.0. The first-order valence-electron chi connectivity index (χ1n) is 10.1. The summed E-state index contributed by atoms with van der Waals surface area (Å²) < 4.78 is 6.35. The van der Waals surface area contributed by atoms with Crippen LogP contribution in [0.25, 0.3) is 17.8 Å². The van der Waals surface area contributed by atoms with Gasteiger partial charge in [-0.15, -0.1) is 5.73 Å². The van der Waals surface area contributed by atoms with Crippen LogP contribution in [-0.4, -0.2) is 41.6 Å². The summed E-state index contributed by atoms with van der Waals surface area (Å²) in [4.78, 5) is 26.4. The minimum absolute atomic E-state index is 0.0289. The summed E-state index contributed by atoms with van der Waals surface area (Å²) in [7, 11) is 3.91. The molecule has 3 rings (SSSR count). The van der Waals surface area contributed by atoms with Crippen LogP contribution < -0.4 is 20.9 Å². The first-order valence-corrected chi connectivity index (χ1v) is 10.1. The van der Waals surface area contributed by atoms with E-state index in [9.17, 15) is 19.8 Å².